The maximum atomic E-state index is 4.72. The number of fused-ring (bicyclic) bond motifs is 5. The van der Waals surface area contributed by atoms with Gasteiger partial charge in [-0.25, -0.2) is 0 Å². The summed E-state index contributed by atoms with van der Waals surface area (Å²) in [6.45, 7) is 0. The van der Waals surface area contributed by atoms with Gasteiger partial charge in [-0.3, -0.25) is 0 Å². The molecule has 0 amide bonds. The Morgan fingerprint density at radius 2 is 1.29 bits per heavy atom. The van der Waals surface area contributed by atoms with E-state index in [0.29, 0.717) is 0 Å². The van der Waals surface area contributed by atoms with E-state index in [1.54, 1.807) is 22.7 Å². The number of hydrogen-bond donors (Lipinski definition) is 0. The predicted molar refractivity (Wildman–Crippen MR) is 130 cm³/mol. The Hall–Kier alpha value is -1.23. The van der Waals surface area contributed by atoms with E-state index in [4.69, 9.17) is 4.37 Å². The van der Waals surface area contributed by atoms with Crippen molar-refractivity contribution in [1.29, 1.82) is 0 Å². The molecule has 2 aromatic carbocycles. The van der Waals surface area contributed by atoms with Crippen LogP contribution in [0.2, 0.25) is 0 Å². The molecule has 0 fully saturated rings. The molecule has 28 heavy (non-hydrogen) atoms. The number of aromatic nitrogens is 3. The lowest BCUT2D eigenvalue weighted by Crippen LogP contribution is -1.85. The Kier molecular flexibility index (Phi) is 4.18. The summed E-state index contributed by atoms with van der Waals surface area (Å²) < 4.78 is 16.3. The average Bonchev–Trinajstić information content (AvgIpc) is 3.47. The Balaban J connectivity index is 1.77. The highest BCUT2D eigenvalue weighted by molar-refractivity contribution is 9.11. The number of thiophene rings is 2. The summed E-state index contributed by atoms with van der Waals surface area (Å²) in [6.07, 6.45) is 0. The second-order valence-corrected chi connectivity index (χ2v) is 12.3. The summed E-state index contributed by atoms with van der Waals surface area (Å²) in [6, 6.07) is 12.9. The van der Waals surface area contributed by atoms with Gasteiger partial charge in [0.05, 0.1) is 24.8 Å². The van der Waals surface area contributed by atoms with Crippen molar-refractivity contribution in [3.8, 4) is 20.9 Å². The largest absolute Gasteiger partial charge is 0.192 e. The summed E-state index contributed by atoms with van der Waals surface area (Å²) in [5, 5.41) is 5.64. The minimum atomic E-state index is 0.965. The van der Waals surface area contributed by atoms with Crippen molar-refractivity contribution in [2.24, 2.45) is 0 Å². The summed E-state index contributed by atoms with van der Waals surface area (Å²) in [5.41, 5.74) is 5.26. The van der Waals surface area contributed by atoms with Crippen LogP contribution in [0.1, 0.15) is 0 Å². The fraction of sp³-hybridized carbons (Fsp3) is 0. The zero-order chi connectivity index (χ0) is 18.8. The van der Waals surface area contributed by atoms with Crippen LogP contribution in [0.4, 0.5) is 0 Å². The lowest BCUT2D eigenvalue weighted by atomic mass is 9.97. The molecule has 0 N–H and O–H groups in total. The van der Waals surface area contributed by atoms with Crippen molar-refractivity contribution in [3.63, 3.8) is 0 Å². The van der Waals surface area contributed by atoms with Crippen LogP contribution in [0.15, 0.2) is 49.4 Å². The zero-order valence-corrected chi connectivity index (χ0v) is 20.2. The van der Waals surface area contributed by atoms with Gasteiger partial charge in [0, 0.05) is 37.0 Å². The molecular weight excluding hydrogens is 558 g/mol. The van der Waals surface area contributed by atoms with Crippen LogP contribution in [0, 0.1) is 0 Å². The highest BCUT2D eigenvalue weighted by atomic mass is 79.9. The fourth-order valence-corrected chi connectivity index (χ4v) is 7.54. The molecule has 4 heterocycles. The molecule has 0 spiro atoms. The molecular formula is C19H7Br2N3S4. The first-order valence-corrected chi connectivity index (χ1v) is 12.9. The Morgan fingerprint density at radius 3 is 1.96 bits per heavy atom. The molecule has 0 bridgehead atoms. The molecule has 0 atom stereocenters. The van der Waals surface area contributed by atoms with E-state index >= 15 is 0 Å². The molecule has 0 saturated carbocycles. The van der Waals surface area contributed by atoms with Crippen molar-refractivity contribution < 1.29 is 0 Å². The molecule has 0 saturated heterocycles. The molecule has 0 unspecified atom stereocenters. The smallest absolute Gasteiger partial charge is 0.114 e. The first-order valence-electron chi connectivity index (χ1n) is 8.16. The number of hydrogen-bond acceptors (Lipinski definition) is 7. The van der Waals surface area contributed by atoms with E-state index in [2.05, 4.69) is 82.4 Å². The van der Waals surface area contributed by atoms with Crippen molar-refractivity contribution in [2.75, 3.05) is 0 Å². The van der Waals surface area contributed by atoms with E-state index in [1.165, 1.54) is 43.8 Å². The van der Waals surface area contributed by atoms with Crippen LogP contribution >= 0.6 is 77.8 Å². The van der Waals surface area contributed by atoms with Crippen LogP contribution in [0.3, 0.4) is 0 Å². The average molecular weight is 565 g/mol. The molecule has 3 nitrogen and oxygen atoms in total. The van der Waals surface area contributed by atoms with E-state index in [0.717, 1.165) is 40.6 Å². The summed E-state index contributed by atoms with van der Waals surface area (Å²) in [4.78, 5) is 2.39. The van der Waals surface area contributed by atoms with Crippen molar-refractivity contribution in [3.05, 3.63) is 49.4 Å². The van der Waals surface area contributed by atoms with Gasteiger partial charge in [-0.1, -0.05) is 0 Å². The SMILES string of the molecule is Brc1ccc(-c2cc3c(cc(-c4ccc(Br)s4)c4nsnc43)c3csnc23)s1. The molecule has 6 aromatic rings. The van der Waals surface area contributed by atoms with Gasteiger partial charge in [-0.2, -0.15) is 13.1 Å². The first-order chi connectivity index (χ1) is 13.7. The Bertz CT molecular complexity index is 1390. The number of nitrogens with zero attached hydrogens (tertiary/aromatic N) is 3. The maximum Gasteiger partial charge on any atom is 0.114 e. The molecule has 9 heteroatoms. The summed E-state index contributed by atoms with van der Waals surface area (Å²) in [7, 11) is 0. The zero-order valence-electron chi connectivity index (χ0n) is 13.8. The Labute approximate surface area is 192 Å². The highest BCUT2D eigenvalue weighted by Crippen LogP contribution is 2.44. The Morgan fingerprint density at radius 1 is 0.643 bits per heavy atom. The normalized spacial score (nSPS) is 11.9. The van der Waals surface area contributed by atoms with Crippen LogP contribution in [-0.2, 0) is 0 Å². The maximum absolute atomic E-state index is 4.72. The molecule has 0 aliphatic heterocycles. The molecule has 136 valence electrons. The van der Waals surface area contributed by atoms with Gasteiger partial charge < -0.3 is 0 Å². The monoisotopic (exact) mass is 563 g/mol. The van der Waals surface area contributed by atoms with E-state index in [1.807, 2.05) is 0 Å². The standard InChI is InChI=1S/C19H7Br2N3S4/c20-15-3-1-13(26-15)10-6-9-8(12-7-25-22-17(10)12)5-11(14-2-4-16(21)27-14)19-18(9)23-28-24-19/h1-7H. The van der Waals surface area contributed by atoms with Gasteiger partial charge in [-0.15, -0.1) is 22.7 Å². The number of benzene rings is 2. The summed E-state index contributed by atoms with van der Waals surface area (Å²) in [5.74, 6) is 0. The molecule has 0 aliphatic carbocycles. The van der Waals surface area contributed by atoms with Crippen LogP contribution < -0.4 is 0 Å². The third kappa shape index (κ3) is 2.64. The van der Waals surface area contributed by atoms with Crippen LogP contribution in [0.25, 0.3) is 53.6 Å². The second-order valence-electron chi connectivity index (χ2n) is 6.19. The van der Waals surface area contributed by atoms with E-state index in [-0.39, 0.29) is 0 Å². The lowest BCUT2D eigenvalue weighted by molar-refractivity contribution is 1.65. The number of rotatable bonds is 2. The van der Waals surface area contributed by atoms with Crippen molar-refractivity contribution in [2.45, 2.75) is 0 Å². The van der Waals surface area contributed by atoms with Gasteiger partial charge in [0.25, 0.3) is 0 Å². The second kappa shape index (κ2) is 6.65. The third-order valence-corrected chi connectivity index (χ3v) is 9.13. The minimum Gasteiger partial charge on any atom is -0.192 e. The molecule has 6 rings (SSSR count). The lowest BCUT2D eigenvalue weighted by Gasteiger charge is -2.08. The topological polar surface area (TPSA) is 38.7 Å². The van der Waals surface area contributed by atoms with Gasteiger partial charge in [0.15, 0.2) is 0 Å². The quantitative estimate of drug-likeness (QED) is 0.212. The van der Waals surface area contributed by atoms with Gasteiger partial charge in [-0.05, 0) is 85.2 Å². The van der Waals surface area contributed by atoms with Gasteiger partial charge >= 0.3 is 0 Å². The highest BCUT2D eigenvalue weighted by Gasteiger charge is 2.19. The van der Waals surface area contributed by atoms with Gasteiger partial charge in [0.2, 0.25) is 0 Å². The van der Waals surface area contributed by atoms with Crippen molar-refractivity contribution >= 4 is 111 Å². The van der Waals surface area contributed by atoms with Crippen molar-refractivity contribution in [1.82, 2.24) is 13.1 Å². The first kappa shape index (κ1) is 17.6. The van der Waals surface area contributed by atoms with Gasteiger partial charge in [0.1, 0.15) is 11.0 Å². The molecule has 0 aliphatic rings. The van der Waals surface area contributed by atoms with E-state index in [9.17, 15) is 0 Å². The predicted octanol–water partition coefficient (Wildman–Crippen LogP) is 8.44. The third-order valence-electron chi connectivity index (χ3n) is 4.66. The molecule has 0 radical (unpaired) electrons. The summed E-state index contributed by atoms with van der Waals surface area (Å²) >= 11 is 13.4. The van der Waals surface area contributed by atoms with Crippen LogP contribution in [0.5, 0.6) is 0 Å². The fourth-order valence-electron chi connectivity index (χ4n) is 3.46. The minimum absolute atomic E-state index is 0.965. The molecule has 4 aromatic heterocycles. The number of halogens is 2. The van der Waals surface area contributed by atoms with E-state index < -0.39 is 0 Å². The van der Waals surface area contributed by atoms with Crippen LogP contribution in [-0.4, -0.2) is 13.1 Å².